The van der Waals surface area contributed by atoms with Gasteiger partial charge in [-0.1, -0.05) is 12.1 Å². The lowest BCUT2D eigenvalue weighted by atomic mass is 10.1. The Labute approximate surface area is 122 Å². The molecule has 21 heavy (non-hydrogen) atoms. The standard InChI is InChI=1S/C15H17N3O3/c1-9(10-3-5-11(21-2)6-4-10)17-14-12(16)7-8-13(18-14)15(19)20/h3-9H,16H2,1-2H3,(H,17,18)(H,19,20). The van der Waals surface area contributed by atoms with Crippen molar-refractivity contribution in [1.82, 2.24) is 4.98 Å². The van der Waals surface area contributed by atoms with E-state index in [0.717, 1.165) is 11.3 Å². The number of methoxy groups -OCH3 is 1. The number of carboxylic acids is 1. The highest BCUT2D eigenvalue weighted by Gasteiger charge is 2.12. The SMILES string of the molecule is COc1ccc(C(C)Nc2nc(C(=O)O)ccc2N)cc1. The number of nitrogens with two attached hydrogens (primary N) is 1. The van der Waals surface area contributed by atoms with Crippen LogP contribution in [-0.2, 0) is 0 Å². The highest BCUT2D eigenvalue weighted by Crippen LogP contribution is 2.24. The minimum absolute atomic E-state index is 0.0476. The van der Waals surface area contributed by atoms with Gasteiger partial charge in [0.1, 0.15) is 5.75 Å². The van der Waals surface area contributed by atoms with Crippen LogP contribution in [0, 0.1) is 0 Å². The average molecular weight is 287 g/mol. The maximum absolute atomic E-state index is 10.9. The number of benzene rings is 1. The molecular formula is C15H17N3O3. The minimum atomic E-state index is -1.09. The zero-order valence-electron chi connectivity index (χ0n) is 11.8. The van der Waals surface area contributed by atoms with Crippen LogP contribution in [0.3, 0.4) is 0 Å². The van der Waals surface area contributed by atoms with Crippen LogP contribution in [0.5, 0.6) is 5.75 Å². The molecule has 0 aliphatic carbocycles. The molecule has 0 spiro atoms. The van der Waals surface area contributed by atoms with Crippen molar-refractivity contribution in [2.45, 2.75) is 13.0 Å². The van der Waals surface area contributed by atoms with E-state index in [4.69, 9.17) is 15.6 Å². The van der Waals surface area contributed by atoms with Crippen molar-refractivity contribution in [2.75, 3.05) is 18.2 Å². The Morgan fingerprint density at radius 3 is 2.52 bits per heavy atom. The molecule has 1 aromatic carbocycles. The Kier molecular flexibility index (Phi) is 4.27. The molecule has 1 aromatic heterocycles. The summed E-state index contributed by atoms with van der Waals surface area (Å²) in [6.45, 7) is 1.94. The summed E-state index contributed by atoms with van der Waals surface area (Å²) in [5, 5.41) is 12.1. The van der Waals surface area contributed by atoms with Crippen molar-refractivity contribution in [3.8, 4) is 5.75 Å². The van der Waals surface area contributed by atoms with Gasteiger partial charge >= 0.3 is 5.97 Å². The zero-order valence-corrected chi connectivity index (χ0v) is 11.8. The third kappa shape index (κ3) is 3.42. The predicted molar refractivity (Wildman–Crippen MR) is 80.6 cm³/mol. The molecule has 0 saturated heterocycles. The number of aromatic carboxylic acids is 1. The molecule has 2 aromatic rings. The number of hydrogen-bond donors (Lipinski definition) is 3. The number of anilines is 2. The largest absolute Gasteiger partial charge is 0.497 e. The summed E-state index contributed by atoms with van der Waals surface area (Å²) in [4.78, 5) is 15.0. The molecular weight excluding hydrogens is 270 g/mol. The van der Waals surface area contributed by atoms with Crippen LogP contribution in [0.1, 0.15) is 29.0 Å². The van der Waals surface area contributed by atoms with E-state index in [-0.39, 0.29) is 11.7 Å². The van der Waals surface area contributed by atoms with Gasteiger partial charge in [-0.15, -0.1) is 0 Å². The lowest BCUT2D eigenvalue weighted by Gasteiger charge is -2.17. The van der Waals surface area contributed by atoms with Crippen LogP contribution in [0.15, 0.2) is 36.4 Å². The first-order valence-electron chi connectivity index (χ1n) is 6.41. The first-order chi connectivity index (χ1) is 10.0. The fourth-order valence-corrected chi connectivity index (χ4v) is 1.89. The number of ether oxygens (including phenoxy) is 1. The van der Waals surface area contributed by atoms with Gasteiger partial charge in [0.15, 0.2) is 11.5 Å². The van der Waals surface area contributed by atoms with E-state index in [1.165, 1.54) is 12.1 Å². The fourth-order valence-electron chi connectivity index (χ4n) is 1.89. The van der Waals surface area contributed by atoms with Crippen molar-refractivity contribution in [3.63, 3.8) is 0 Å². The van der Waals surface area contributed by atoms with E-state index >= 15 is 0 Å². The Balaban J connectivity index is 2.19. The van der Waals surface area contributed by atoms with Gasteiger partial charge in [-0.05, 0) is 36.8 Å². The summed E-state index contributed by atoms with van der Waals surface area (Å²) < 4.78 is 5.11. The average Bonchev–Trinajstić information content (AvgIpc) is 2.49. The zero-order chi connectivity index (χ0) is 15.4. The first-order valence-corrected chi connectivity index (χ1v) is 6.41. The van der Waals surface area contributed by atoms with E-state index in [9.17, 15) is 4.79 Å². The van der Waals surface area contributed by atoms with Crippen molar-refractivity contribution in [3.05, 3.63) is 47.7 Å². The molecule has 2 rings (SSSR count). The molecule has 0 bridgehead atoms. The van der Waals surface area contributed by atoms with Crippen LogP contribution in [0.2, 0.25) is 0 Å². The smallest absolute Gasteiger partial charge is 0.354 e. The molecule has 0 fully saturated rings. The lowest BCUT2D eigenvalue weighted by molar-refractivity contribution is 0.0690. The van der Waals surface area contributed by atoms with E-state index in [2.05, 4.69) is 10.3 Å². The summed E-state index contributed by atoms with van der Waals surface area (Å²) >= 11 is 0. The quantitative estimate of drug-likeness (QED) is 0.781. The number of nitrogen functional groups attached to an aromatic ring is 1. The van der Waals surface area contributed by atoms with E-state index in [1.807, 2.05) is 31.2 Å². The highest BCUT2D eigenvalue weighted by molar-refractivity contribution is 5.86. The van der Waals surface area contributed by atoms with Crippen LogP contribution >= 0.6 is 0 Å². The molecule has 0 aliphatic rings. The molecule has 0 saturated carbocycles. The Morgan fingerprint density at radius 1 is 1.29 bits per heavy atom. The number of carbonyl (C=O) groups is 1. The molecule has 6 nitrogen and oxygen atoms in total. The van der Waals surface area contributed by atoms with E-state index in [1.54, 1.807) is 7.11 Å². The molecule has 1 heterocycles. The van der Waals surface area contributed by atoms with E-state index in [0.29, 0.717) is 11.5 Å². The topological polar surface area (TPSA) is 97.5 Å². The molecule has 1 unspecified atom stereocenters. The third-order valence-corrected chi connectivity index (χ3v) is 3.11. The number of nitrogens with one attached hydrogen (secondary N) is 1. The van der Waals surface area contributed by atoms with Gasteiger partial charge in [0.05, 0.1) is 18.8 Å². The van der Waals surface area contributed by atoms with Crippen LogP contribution in [0.4, 0.5) is 11.5 Å². The molecule has 0 aliphatic heterocycles. The number of aromatic nitrogens is 1. The van der Waals surface area contributed by atoms with Crippen molar-refractivity contribution in [1.29, 1.82) is 0 Å². The van der Waals surface area contributed by atoms with E-state index < -0.39 is 5.97 Å². The molecule has 110 valence electrons. The molecule has 6 heteroatoms. The minimum Gasteiger partial charge on any atom is -0.497 e. The number of hydrogen-bond acceptors (Lipinski definition) is 5. The number of pyridine rings is 1. The molecule has 0 amide bonds. The Hall–Kier alpha value is -2.76. The van der Waals surface area contributed by atoms with Gasteiger partial charge in [-0.3, -0.25) is 0 Å². The predicted octanol–water partition coefficient (Wildman–Crippen LogP) is 2.54. The normalized spacial score (nSPS) is 11.7. The number of carboxylic acid groups (broad SMARTS) is 1. The second kappa shape index (κ2) is 6.13. The lowest BCUT2D eigenvalue weighted by Crippen LogP contribution is -2.12. The monoisotopic (exact) mass is 287 g/mol. The summed E-state index contributed by atoms with van der Waals surface area (Å²) in [5.74, 6) is 0.0461. The molecule has 1 atom stereocenters. The Morgan fingerprint density at radius 2 is 1.95 bits per heavy atom. The fraction of sp³-hybridized carbons (Fsp3) is 0.200. The van der Waals surface area contributed by atoms with Crippen LogP contribution in [0.25, 0.3) is 0 Å². The first kappa shape index (κ1) is 14.6. The van der Waals surface area contributed by atoms with Crippen molar-refractivity contribution in [2.24, 2.45) is 0 Å². The summed E-state index contributed by atoms with van der Waals surface area (Å²) in [7, 11) is 1.61. The van der Waals surface area contributed by atoms with Crippen molar-refractivity contribution < 1.29 is 14.6 Å². The van der Waals surface area contributed by atoms with Gasteiger partial charge in [0, 0.05) is 0 Å². The number of nitrogens with zero attached hydrogens (tertiary/aromatic N) is 1. The Bertz CT molecular complexity index is 641. The summed E-state index contributed by atoms with van der Waals surface area (Å²) in [6.07, 6.45) is 0. The summed E-state index contributed by atoms with van der Waals surface area (Å²) in [5.41, 5.74) is 7.19. The molecule has 4 N–H and O–H groups in total. The second-order valence-electron chi connectivity index (χ2n) is 4.58. The van der Waals surface area contributed by atoms with Gasteiger partial charge in [0.2, 0.25) is 0 Å². The highest BCUT2D eigenvalue weighted by atomic mass is 16.5. The van der Waals surface area contributed by atoms with Crippen LogP contribution < -0.4 is 15.8 Å². The van der Waals surface area contributed by atoms with Gasteiger partial charge in [0.25, 0.3) is 0 Å². The maximum Gasteiger partial charge on any atom is 0.354 e. The summed E-state index contributed by atoms with van der Waals surface area (Å²) in [6, 6.07) is 10.4. The van der Waals surface area contributed by atoms with Gasteiger partial charge in [-0.2, -0.15) is 0 Å². The van der Waals surface area contributed by atoms with Crippen LogP contribution in [-0.4, -0.2) is 23.2 Å². The number of rotatable bonds is 5. The second-order valence-corrected chi connectivity index (χ2v) is 4.58. The van der Waals surface area contributed by atoms with Gasteiger partial charge in [-0.25, -0.2) is 9.78 Å². The maximum atomic E-state index is 10.9. The van der Waals surface area contributed by atoms with Crippen molar-refractivity contribution >= 4 is 17.5 Å². The molecule has 0 radical (unpaired) electrons. The van der Waals surface area contributed by atoms with Gasteiger partial charge < -0.3 is 20.9 Å². The third-order valence-electron chi connectivity index (χ3n) is 3.11.